The predicted molar refractivity (Wildman–Crippen MR) is 51.3 cm³/mol. The topological polar surface area (TPSA) is 26.0 Å². The minimum Gasteiger partial charge on any atom is -0.405 e. The van der Waals surface area contributed by atoms with Gasteiger partial charge in [-0.05, 0) is 31.9 Å². The van der Waals surface area contributed by atoms with Gasteiger partial charge in [-0.2, -0.15) is 0 Å². The van der Waals surface area contributed by atoms with Crippen LogP contribution in [0.4, 0.5) is 0 Å². The van der Waals surface area contributed by atoms with Crippen LogP contribution in [0, 0.1) is 0 Å². The minimum absolute atomic E-state index is 1.20. The van der Waals surface area contributed by atoms with E-state index in [9.17, 15) is 0 Å². The van der Waals surface area contributed by atoms with Crippen LogP contribution in [-0.4, -0.2) is 0 Å². The highest BCUT2D eigenvalue weighted by atomic mass is 14.5. The Balaban J connectivity index is 3.43. The third-order valence-electron chi connectivity index (χ3n) is 1.94. The number of rotatable bonds is 6. The Bertz CT molecular complexity index is 95.4. The SMILES string of the molecule is CCCCC(=CN)CCCC. The van der Waals surface area contributed by atoms with Crippen LogP contribution in [0.25, 0.3) is 0 Å². The second kappa shape index (κ2) is 7.64. The third kappa shape index (κ3) is 5.96. The Hall–Kier alpha value is -0.460. The molecule has 0 saturated carbocycles. The standard InChI is InChI=1S/C10H21N/c1-3-5-7-10(9-11)8-6-4-2/h9H,3-8,11H2,1-2H3. The molecule has 0 rings (SSSR count). The fourth-order valence-corrected chi connectivity index (χ4v) is 1.10. The fraction of sp³-hybridized carbons (Fsp3) is 0.800. The van der Waals surface area contributed by atoms with E-state index in [0.717, 1.165) is 0 Å². The Morgan fingerprint density at radius 2 is 1.55 bits per heavy atom. The van der Waals surface area contributed by atoms with Gasteiger partial charge in [-0.25, -0.2) is 0 Å². The predicted octanol–water partition coefficient (Wildman–Crippen LogP) is 3.21. The zero-order valence-corrected chi connectivity index (χ0v) is 7.90. The minimum atomic E-state index is 1.20. The Kier molecular flexibility index (Phi) is 7.33. The largest absolute Gasteiger partial charge is 0.405 e. The summed E-state index contributed by atoms with van der Waals surface area (Å²) in [6.07, 6.45) is 9.30. The fourth-order valence-electron chi connectivity index (χ4n) is 1.10. The van der Waals surface area contributed by atoms with E-state index in [1.165, 1.54) is 44.1 Å². The second-order valence-electron chi connectivity index (χ2n) is 3.03. The van der Waals surface area contributed by atoms with Gasteiger partial charge in [0.1, 0.15) is 0 Å². The molecule has 0 aromatic rings. The summed E-state index contributed by atoms with van der Waals surface area (Å²) < 4.78 is 0. The van der Waals surface area contributed by atoms with Gasteiger partial charge in [-0.15, -0.1) is 0 Å². The Morgan fingerprint density at radius 3 is 1.82 bits per heavy atom. The van der Waals surface area contributed by atoms with Crippen molar-refractivity contribution >= 4 is 0 Å². The van der Waals surface area contributed by atoms with Gasteiger partial charge in [0, 0.05) is 0 Å². The zero-order valence-electron chi connectivity index (χ0n) is 7.90. The molecular weight excluding hydrogens is 134 g/mol. The Labute approximate surface area is 70.7 Å². The summed E-state index contributed by atoms with van der Waals surface area (Å²) in [7, 11) is 0. The molecule has 0 unspecified atom stereocenters. The quantitative estimate of drug-likeness (QED) is 0.626. The summed E-state index contributed by atoms with van der Waals surface area (Å²) in [5.41, 5.74) is 6.93. The number of unbranched alkanes of at least 4 members (excludes halogenated alkanes) is 2. The first kappa shape index (κ1) is 10.5. The molecule has 0 fully saturated rings. The number of nitrogens with two attached hydrogens (primary N) is 1. The normalized spacial score (nSPS) is 9.64. The van der Waals surface area contributed by atoms with Gasteiger partial charge in [-0.1, -0.05) is 32.3 Å². The van der Waals surface area contributed by atoms with Crippen molar-refractivity contribution in [3.05, 3.63) is 11.8 Å². The zero-order chi connectivity index (χ0) is 8.53. The van der Waals surface area contributed by atoms with Crippen LogP contribution in [0.3, 0.4) is 0 Å². The molecule has 1 nitrogen and oxygen atoms in total. The van der Waals surface area contributed by atoms with Crippen LogP contribution >= 0.6 is 0 Å². The summed E-state index contributed by atoms with van der Waals surface area (Å²) in [5, 5.41) is 0. The molecule has 0 amide bonds. The van der Waals surface area contributed by atoms with Crippen molar-refractivity contribution in [3.63, 3.8) is 0 Å². The maximum atomic E-state index is 5.49. The molecule has 0 spiro atoms. The molecular formula is C10H21N. The van der Waals surface area contributed by atoms with E-state index in [1.807, 2.05) is 0 Å². The van der Waals surface area contributed by atoms with E-state index in [2.05, 4.69) is 13.8 Å². The van der Waals surface area contributed by atoms with Gasteiger partial charge in [-0.3, -0.25) is 0 Å². The van der Waals surface area contributed by atoms with E-state index in [-0.39, 0.29) is 0 Å². The maximum Gasteiger partial charge on any atom is -0.00705 e. The van der Waals surface area contributed by atoms with Crippen molar-refractivity contribution in [1.29, 1.82) is 0 Å². The van der Waals surface area contributed by atoms with Crippen molar-refractivity contribution in [2.45, 2.75) is 52.4 Å². The van der Waals surface area contributed by atoms with E-state index in [1.54, 1.807) is 6.20 Å². The number of hydrogen-bond donors (Lipinski definition) is 1. The van der Waals surface area contributed by atoms with E-state index < -0.39 is 0 Å². The van der Waals surface area contributed by atoms with Crippen molar-refractivity contribution in [2.75, 3.05) is 0 Å². The van der Waals surface area contributed by atoms with Crippen LogP contribution in [0.15, 0.2) is 11.8 Å². The second-order valence-corrected chi connectivity index (χ2v) is 3.03. The first-order valence-corrected chi connectivity index (χ1v) is 4.74. The van der Waals surface area contributed by atoms with Crippen LogP contribution in [0.1, 0.15) is 52.4 Å². The molecule has 0 aromatic carbocycles. The first-order valence-electron chi connectivity index (χ1n) is 4.74. The summed E-state index contributed by atoms with van der Waals surface area (Å²) >= 11 is 0. The molecule has 0 aliphatic carbocycles. The van der Waals surface area contributed by atoms with E-state index >= 15 is 0 Å². The average Bonchev–Trinajstić information content (AvgIpc) is 2.05. The molecule has 0 atom stereocenters. The van der Waals surface area contributed by atoms with Crippen molar-refractivity contribution in [3.8, 4) is 0 Å². The van der Waals surface area contributed by atoms with Gasteiger partial charge < -0.3 is 5.73 Å². The van der Waals surface area contributed by atoms with Crippen LogP contribution in [-0.2, 0) is 0 Å². The summed E-state index contributed by atoms with van der Waals surface area (Å²) in [6, 6.07) is 0. The monoisotopic (exact) mass is 155 g/mol. The summed E-state index contributed by atoms with van der Waals surface area (Å²) in [4.78, 5) is 0. The lowest BCUT2D eigenvalue weighted by atomic mass is 10.0. The van der Waals surface area contributed by atoms with Crippen molar-refractivity contribution in [2.24, 2.45) is 5.73 Å². The van der Waals surface area contributed by atoms with Crippen molar-refractivity contribution < 1.29 is 0 Å². The lowest BCUT2D eigenvalue weighted by molar-refractivity contribution is 0.710. The molecule has 0 aliphatic rings. The molecule has 11 heavy (non-hydrogen) atoms. The molecule has 0 aromatic heterocycles. The molecule has 0 saturated heterocycles. The van der Waals surface area contributed by atoms with Gasteiger partial charge >= 0.3 is 0 Å². The highest BCUT2D eigenvalue weighted by Crippen LogP contribution is 2.13. The average molecular weight is 155 g/mol. The number of hydrogen-bond acceptors (Lipinski definition) is 1. The van der Waals surface area contributed by atoms with Crippen LogP contribution in [0.2, 0.25) is 0 Å². The van der Waals surface area contributed by atoms with E-state index in [0.29, 0.717) is 0 Å². The lowest BCUT2D eigenvalue weighted by Gasteiger charge is -2.03. The third-order valence-corrected chi connectivity index (χ3v) is 1.94. The van der Waals surface area contributed by atoms with Crippen molar-refractivity contribution in [1.82, 2.24) is 0 Å². The maximum absolute atomic E-state index is 5.49. The number of allylic oxidation sites excluding steroid dienone is 1. The summed E-state index contributed by atoms with van der Waals surface area (Å²) in [5.74, 6) is 0. The Morgan fingerprint density at radius 1 is 1.09 bits per heavy atom. The molecule has 0 radical (unpaired) electrons. The van der Waals surface area contributed by atoms with Gasteiger partial charge in [0.15, 0.2) is 0 Å². The molecule has 0 bridgehead atoms. The van der Waals surface area contributed by atoms with E-state index in [4.69, 9.17) is 5.73 Å². The highest BCUT2D eigenvalue weighted by Gasteiger charge is 1.94. The van der Waals surface area contributed by atoms with Gasteiger partial charge in [0.2, 0.25) is 0 Å². The summed E-state index contributed by atoms with van der Waals surface area (Å²) in [6.45, 7) is 4.43. The van der Waals surface area contributed by atoms with Crippen LogP contribution in [0.5, 0.6) is 0 Å². The lowest BCUT2D eigenvalue weighted by Crippen LogP contribution is -1.90. The van der Waals surface area contributed by atoms with Gasteiger partial charge in [0.05, 0.1) is 0 Å². The molecule has 66 valence electrons. The smallest absolute Gasteiger partial charge is 0.00705 e. The van der Waals surface area contributed by atoms with Gasteiger partial charge in [0.25, 0.3) is 0 Å². The molecule has 1 heteroatoms. The molecule has 0 aliphatic heterocycles. The first-order chi connectivity index (χ1) is 5.35. The molecule has 2 N–H and O–H groups in total. The highest BCUT2D eigenvalue weighted by molar-refractivity contribution is 4.98. The van der Waals surface area contributed by atoms with Crippen LogP contribution < -0.4 is 5.73 Å². The molecule has 0 heterocycles.